The molecule has 0 spiro atoms. The van der Waals surface area contributed by atoms with E-state index in [2.05, 4.69) is 16.6 Å². The van der Waals surface area contributed by atoms with Crippen LogP contribution in [0.3, 0.4) is 0 Å². The van der Waals surface area contributed by atoms with Gasteiger partial charge in [0, 0.05) is 25.9 Å². The average molecular weight is 386 g/mol. The lowest BCUT2D eigenvalue weighted by Crippen LogP contribution is -2.31. The number of carbonyl (C=O) groups excluding carboxylic acids is 3. The SMILES string of the molecule is C#CCCC(=O)NCCOCCOCC(=O)NCCOCCOCC(C)=O. The van der Waals surface area contributed by atoms with Crippen molar-refractivity contribution >= 4 is 17.6 Å². The number of ketones is 1. The Morgan fingerprint density at radius 1 is 0.778 bits per heavy atom. The van der Waals surface area contributed by atoms with Crippen molar-refractivity contribution < 1.29 is 33.3 Å². The van der Waals surface area contributed by atoms with Crippen molar-refractivity contribution in [3.63, 3.8) is 0 Å². The van der Waals surface area contributed by atoms with Gasteiger partial charge in [-0.15, -0.1) is 12.3 Å². The Balaban J connectivity index is 3.27. The lowest BCUT2D eigenvalue weighted by atomic mass is 10.3. The normalized spacial score (nSPS) is 10.2. The molecule has 0 saturated heterocycles. The number of amides is 2. The van der Waals surface area contributed by atoms with Gasteiger partial charge >= 0.3 is 0 Å². The van der Waals surface area contributed by atoms with Crippen molar-refractivity contribution in [3.05, 3.63) is 0 Å². The van der Waals surface area contributed by atoms with E-state index in [1.165, 1.54) is 6.92 Å². The molecule has 2 amide bonds. The van der Waals surface area contributed by atoms with E-state index in [0.29, 0.717) is 59.0 Å². The minimum Gasteiger partial charge on any atom is -0.377 e. The molecule has 9 nitrogen and oxygen atoms in total. The van der Waals surface area contributed by atoms with Gasteiger partial charge in [-0.2, -0.15) is 0 Å². The Labute approximate surface area is 160 Å². The molecule has 0 aliphatic rings. The van der Waals surface area contributed by atoms with Gasteiger partial charge in [-0.3, -0.25) is 14.4 Å². The number of rotatable bonds is 18. The highest BCUT2D eigenvalue weighted by Crippen LogP contribution is 1.85. The third kappa shape index (κ3) is 20.2. The van der Waals surface area contributed by atoms with Crippen molar-refractivity contribution in [1.29, 1.82) is 0 Å². The predicted molar refractivity (Wildman–Crippen MR) is 98.0 cm³/mol. The summed E-state index contributed by atoms with van der Waals surface area (Å²) in [6.07, 6.45) is 5.80. The van der Waals surface area contributed by atoms with Crippen LogP contribution in [0.4, 0.5) is 0 Å². The zero-order valence-corrected chi connectivity index (χ0v) is 15.9. The first-order chi connectivity index (χ1) is 13.1. The maximum Gasteiger partial charge on any atom is 0.246 e. The quantitative estimate of drug-likeness (QED) is 0.236. The van der Waals surface area contributed by atoms with Crippen LogP contribution in [-0.2, 0) is 33.3 Å². The van der Waals surface area contributed by atoms with Crippen LogP contribution < -0.4 is 10.6 Å². The van der Waals surface area contributed by atoms with Crippen molar-refractivity contribution in [1.82, 2.24) is 10.6 Å². The van der Waals surface area contributed by atoms with E-state index >= 15 is 0 Å². The van der Waals surface area contributed by atoms with E-state index < -0.39 is 0 Å². The number of Topliss-reactive ketones (excluding diaryl/α,β-unsaturated/α-hetero) is 1. The minimum atomic E-state index is -0.243. The summed E-state index contributed by atoms with van der Waals surface area (Å²) in [6, 6.07) is 0. The fraction of sp³-hybridized carbons (Fsp3) is 0.722. The lowest BCUT2D eigenvalue weighted by Gasteiger charge is -2.08. The molecule has 0 aliphatic carbocycles. The molecule has 0 aliphatic heterocycles. The van der Waals surface area contributed by atoms with Gasteiger partial charge in [0.05, 0.1) is 39.6 Å². The van der Waals surface area contributed by atoms with Gasteiger partial charge in [0.1, 0.15) is 13.2 Å². The van der Waals surface area contributed by atoms with Crippen LogP contribution in [0.2, 0.25) is 0 Å². The lowest BCUT2D eigenvalue weighted by molar-refractivity contribution is -0.127. The topological polar surface area (TPSA) is 112 Å². The Morgan fingerprint density at radius 2 is 1.30 bits per heavy atom. The molecule has 9 heteroatoms. The zero-order valence-electron chi connectivity index (χ0n) is 15.9. The maximum atomic E-state index is 11.5. The molecule has 0 bridgehead atoms. The van der Waals surface area contributed by atoms with E-state index in [1.807, 2.05) is 0 Å². The minimum absolute atomic E-state index is 0.0319. The Hall–Kier alpha value is -1.99. The van der Waals surface area contributed by atoms with Gasteiger partial charge in [-0.05, 0) is 6.92 Å². The summed E-state index contributed by atoms with van der Waals surface area (Å²) in [5.74, 6) is 2.02. The highest BCUT2D eigenvalue weighted by molar-refractivity contribution is 5.77. The van der Waals surface area contributed by atoms with Crippen molar-refractivity contribution in [2.24, 2.45) is 0 Å². The summed E-state index contributed by atoms with van der Waals surface area (Å²) in [5.41, 5.74) is 0. The van der Waals surface area contributed by atoms with Crippen molar-refractivity contribution in [2.45, 2.75) is 19.8 Å². The molecule has 0 atom stereocenters. The van der Waals surface area contributed by atoms with Crippen LogP contribution in [0.5, 0.6) is 0 Å². The van der Waals surface area contributed by atoms with Gasteiger partial charge in [0.15, 0.2) is 5.78 Å². The van der Waals surface area contributed by atoms with E-state index in [0.717, 1.165) is 0 Å². The van der Waals surface area contributed by atoms with Crippen LogP contribution in [0.25, 0.3) is 0 Å². The molecular weight excluding hydrogens is 356 g/mol. The Morgan fingerprint density at radius 3 is 1.85 bits per heavy atom. The second-order valence-electron chi connectivity index (χ2n) is 5.44. The number of carbonyl (C=O) groups is 3. The standard InChI is InChI=1S/C18H30N2O7/c1-3-4-5-17(22)19-6-8-24-11-13-27-15-18(23)20-7-9-25-10-12-26-14-16(2)21/h1H,4-15H2,2H3,(H,19,22)(H,20,23). The Kier molecular flexibility index (Phi) is 17.4. The molecule has 0 aromatic heterocycles. The zero-order chi connectivity index (χ0) is 20.2. The molecular formula is C18H30N2O7. The van der Waals surface area contributed by atoms with Gasteiger partial charge in [-0.1, -0.05) is 0 Å². The number of ether oxygens (including phenoxy) is 4. The van der Waals surface area contributed by atoms with Crippen LogP contribution in [0.1, 0.15) is 19.8 Å². The van der Waals surface area contributed by atoms with Crippen molar-refractivity contribution in [2.75, 3.05) is 65.9 Å². The van der Waals surface area contributed by atoms with Gasteiger partial charge < -0.3 is 29.6 Å². The molecule has 0 unspecified atom stereocenters. The first-order valence-electron chi connectivity index (χ1n) is 8.83. The summed E-state index contributed by atoms with van der Waals surface area (Å²) >= 11 is 0. The van der Waals surface area contributed by atoms with E-state index in [1.54, 1.807) is 0 Å². The molecule has 0 aromatic rings. The fourth-order valence-corrected chi connectivity index (χ4v) is 1.67. The van der Waals surface area contributed by atoms with Crippen LogP contribution in [0.15, 0.2) is 0 Å². The summed E-state index contributed by atoms with van der Waals surface area (Å²) in [7, 11) is 0. The van der Waals surface area contributed by atoms with Crippen LogP contribution >= 0.6 is 0 Å². The first-order valence-corrected chi connectivity index (χ1v) is 8.83. The second-order valence-corrected chi connectivity index (χ2v) is 5.44. The first kappa shape index (κ1) is 25.0. The number of hydrogen-bond donors (Lipinski definition) is 2. The summed E-state index contributed by atoms with van der Waals surface area (Å²) in [4.78, 5) is 33.4. The largest absolute Gasteiger partial charge is 0.377 e. The predicted octanol–water partition coefficient (Wildman–Crippen LogP) is -0.712. The smallest absolute Gasteiger partial charge is 0.246 e. The number of terminal acetylenes is 1. The van der Waals surface area contributed by atoms with Gasteiger partial charge in [0.2, 0.25) is 11.8 Å². The monoisotopic (exact) mass is 386 g/mol. The molecule has 0 radical (unpaired) electrons. The van der Waals surface area contributed by atoms with Crippen LogP contribution in [-0.4, -0.2) is 83.5 Å². The van der Waals surface area contributed by atoms with Gasteiger partial charge in [-0.25, -0.2) is 0 Å². The van der Waals surface area contributed by atoms with E-state index in [4.69, 9.17) is 25.4 Å². The Bertz CT molecular complexity index is 463. The molecule has 0 rings (SSSR count). The average Bonchev–Trinajstić information content (AvgIpc) is 2.64. The molecule has 27 heavy (non-hydrogen) atoms. The number of hydrogen-bond acceptors (Lipinski definition) is 7. The molecule has 154 valence electrons. The molecule has 0 heterocycles. The third-order valence-corrected chi connectivity index (χ3v) is 2.92. The third-order valence-electron chi connectivity index (χ3n) is 2.92. The fourth-order valence-electron chi connectivity index (χ4n) is 1.67. The summed E-state index contributed by atoms with van der Waals surface area (Å²) in [5, 5.41) is 5.32. The van der Waals surface area contributed by atoms with E-state index in [-0.39, 0.29) is 37.4 Å². The molecule has 2 N–H and O–H groups in total. The summed E-state index contributed by atoms with van der Waals surface area (Å²) in [6.45, 7) is 4.28. The van der Waals surface area contributed by atoms with Gasteiger partial charge in [0.25, 0.3) is 0 Å². The second kappa shape index (κ2) is 18.8. The molecule has 0 fully saturated rings. The van der Waals surface area contributed by atoms with E-state index in [9.17, 15) is 14.4 Å². The maximum absolute atomic E-state index is 11.5. The highest BCUT2D eigenvalue weighted by atomic mass is 16.5. The molecule has 0 saturated carbocycles. The number of nitrogens with one attached hydrogen (secondary N) is 2. The van der Waals surface area contributed by atoms with Crippen LogP contribution in [0, 0.1) is 12.3 Å². The molecule has 0 aromatic carbocycles. The summed E-state index contributed by atoms with van der Waals surface area (Å²) < 4.78 is 20.7. The highest BCUT2D eigenvalue weighted by Gasteiger charge is 2.01. The van der Waals surface area contributed by atoms with Crippen molar-refractivity contribution in [3.8, 4) is 12.3 Å².